The molecular weight excluding hydrogens is 364 g/mol. The summed E-state index contributed by atoms with van der Waals surface area (Å²) in [5.74, 6) is -1.28. The van der Waals surface area contributed by atoms with Crippen LogP contribution in [-0.4, -0.2) is 52.4 Å². The van der Waals surface area contributed by atoms with E-state index in [9.17, 15) is 14.7 Å². The van der Waals surface area contributed by atoms with E-state index >= 15 is 0 Å². The van der Waals surface area contributed by atoms with Gasteiger partial charge in [0.15, 0.2) is 0 Å². The minimum Gasteiger partial charge on any atom is -0.478 e. The van der Waals surface area contributed by atoms with E-state index in [2.05, 4.69) is 4.99 Å². The Bertz CT molecular complexity index is 945. The number of fused-ring (bicyclic) bond motifs is 1. The third kappa shape index (κ3) is 3.20. The number of aliphatic hydroxyl groups is 1. The lowest BCUT2D eigenvalue weighted by atomic mass is 9.98. The summed E-state index contributed by atoms with van der Waals surface area (Å²) in [6.45, 7) is 0.951. The van der Waals surface area contributed by atoms with Crippen LogP contribution >= 0.6 is 11.3 Å². The van der Waals surface area contributed by atoms with Crippen LogP contribution in [0.2, 0.25) is 0 Å². The van der Waals surface area contributed by atoms with Gasteiger partial charge in [-0.15, -0.1) is 11.3 Å². The second-order valence-corrected chi connectivity index (χ2v) is 7.52. The Morgan fingerprint density at radius 1 is 1.19 bits per heavy atom. The van der Waals surface area contributed by atoms with E-state index in [0.29, 0.717) is 19.5 Å². The predicted octanol–water partition coefficient (Wildman–Crippen LogP) is 2.62. The molecule has 2 N–H and O–H groups in total. The number of rotatable bonds is 6. The Labute approximate surface area is 160 Å². The fourth-order valence-corrected chi connectivity index (χ4v) is 4.32. The minimum absolute atomic E-state index is 0.0108. The molecule has 1 saturated heterocycles. The summed E-state index contributed by atoms with van der Waals surface area (Å²) >= 11 is 1.53. The second-order valence-electron chi connectivity index (χ2n) is 6.54. The van der Waals surface area contributed by atoms with Gasteiger partial charge in [-0.25, -0.2) is 4.79 Å². The van der Waals surface area contributed by atoms with Crippen molar-refractivity contribution >= 4 is 34.6 Å². The zero-order valence-electron chi connectivity index (χ0n) is 14.5. The maximum atomic E-state index is 13.0. The van der Waals surface area contributed by atoms with Gasteiger partial charge in [-0.2, -0.15) is 0 Å². The first-order valence-electron chi connectivity index (χ1n) is 8.66. The van der Waals surface area contributed by atoms with Crippen LogP contribution in [0.1, 0.15) is 33.1 Å². The number of carboxylic acid groups (broad SMARTS) is 1. The number of hydrogen-bond acceptors (Lipinski definition) is 5. The number of hydrogen-bond donors (Lipinski definition) is 2. The summed E-state index contributed by atoms with van der Waals surface area (Å²) in [7, 11) is 0. The fourth-order valence-electron chi connectivity index (χ4n) is 3.47. The SMILES string of the molecule is O=C(O)c1ccc(C2=C3CN(C(=O)C(CCO)c4cccs4)CC3=N2)cc1. The van der Waals surface area contributed by atoms with E-state index in [1.807, 2.05) is 17.5 Å². The molecule has 0 aliphatic carbocycles. The van der Waals surface area contributed by atoms with Gasteiger partial charge < -0.3 is 15.1 Å². The van der Waals surface area contributed by atoms with Crippen molar-refractivity contribution in [2.24, 2.45) is 4.99 Å². The summed E-state index contributed by atoms with van der Waals surface area (Å²) in [5, 5.41) is 20.3. The standard InChI is InChI=1S/C20H18N2O4S/c23-8-7-14(17-2-1-9-27-17)19(24)22-10-15-16(11-22)21-18(15)12-3-5-13(6-4-12)20(25)26/h1-6,9,14,23H,7-8,10-11H2,(H,25,26). The molecule has 4 rings (SSSR count). The lowest BCUT2D eigenvalue weighted by Gasteiger charge is -2.21. The van der Waals surface area contributed by atoms with Crippen molar-refractivity contribution in [2.75, 3.05) is 19.7 Å². The topological polar surface area (TPSA) is 90.2 Å². The second kappa shape index (κ2) is 7.09. The van der Waals surface area contributed by atoms with E-state index in [-0.39, 0.29) is 24.0 Å². The van der Waals surface area contributed by atoms with Crippen molar-refractivity contribution in [3.8, 4) is 0 Å². The molecule has 0 spiro atoms. The van der Waals surface area contributed by atoms with E-state index in [1.54, 1.807) is 29.2 Å². The Kier molecular flexibility index (Phi) is 4.63. The zero-order chi connectivity index (χ0) is 19.0. The number of benzene rings is 1. The molecule has 2 aliphatic heterocycles. The van der Waals surface area contributed by atoms with Gasteiger partial charge in [-0.3, -0.25) is 9.79 Å². The lowest BCUT2D eigenvalue weighted by molar-refractivity contribution is -0.131. The van der Waals surface area contributed by atoms with E-state index in [1.165, 1.54) is 11.3 Å². The largest absolute Gasteiger partial charge is 0.478 e. The molecule has 1 fully saturated rings. The molecule has 2 aromatic rings. The summed E-state index contributed by atoms with van der Waals surface area (Å²) < 4.78 is 0. The van der Waals surface area contributed by atoms with Crippen molar-refractivity contribution in [2.45, 2.75) is 12.3 Å². The van der Waals surface area contributed by atoms with E-state index in [4.69, 9.17) is 5.11 Å². The number of carbonyl (C=O) groups excluding carboxylic acids is 1. The number of thiophene rings is 1. The van der Waals surface area contributed by atoms with Gasteiger partial charge in [0.25, 0.3) is 0 Å². The Hall–Kier alpha value is -2.77. The first kappa shape index (κ1) is 17.6. The number of carboxylic acids is 1. The highest BCUT2D eigenvalue weighted by Gasteiger charge is 2.37. The van der Waals surface area contributed by atoms with E-state index in [0.717, 1.165) is 27.4 Å². The van der Waals surface area contributed by atoms with Crippen molar-refractivity contribution in [3.63, 3.8) is 0 Å². The summed E-state index contributed by atoms with van der Waals surface area (Å²) in [6.07, 6.45) is 0.408. The number of likely N-dealkylation sites (tertiary alicyclic amines) is 1. The first-order valence-corrected chi connectivity index (χ1v) is 9.54. The van der Waals surface area contributed by atoms with Crippen LogP contribution in [0.4, 0.5) is 0 Å². The van der Waals surface area contributed by atoms with Gasteiger partial charge in [0, 0.05) is 22.6 Å². The normalized spacial score (nSPS) is 16.6. The predicted molar refractivity (Wildman–Crippen MR) is 103 cm³/mol. The quantitative estimate of drug-likeness (QED) is 0.804. The summed E-state index contributed by atoms with van der Waals surface area (Å²) in [6, 6.07) is 10.5. The Morgan fingerprint density at radius 2 is 1.96 bits per heavy atom. The van der Waals surface area contributed by atoms with Crippen molar-refractivity contribution < 1.29 is 19.8 Å². The van der Waals surface area contributed by atoms with Crippen LogP contribution < -0.4 is 0 Å². The van der Waals surface area contributed by atoms with Gasteiger partial charge >= 0.3 is 5.97 Å². The number of aliphatic hydroxyl groups excluding tert-OH is 1. The van der Waals surface area contributed by atoms with Gasteiger partial charge in [-0.05, 0) is 30.0 Å². The molecule has 0 radical (unpaired) electrons. The maximum absolute atomic E-state index is 13.0. The van der Waals surface area contributed by atoms with Gasteiger partial charge in [0.05, 0.1) is 36.0 Å². The third-order valence-electron chi connectivity index (χ3n) is 4.89. The molecule has 0 bridgehead atoms. The number of amides is 1. The highest BCUT2D eigenvalue weighted by atomic mass is 32.1. The van der Waals surface area contributed by atoms with Crippen molar-refractivity contribution in [1.82, 2.24) is 4.90 Å². The van der Waals surface area contributed by atoms with E-state index < -0.39 is 5.97 Å². The number of nitrogens with zero attached hydrogens (tertiary/aromatic N) is 2. The Balaban J connectivity index is 1.52. The third-order valence-corrected chi connectivity index (χ3v) is 5.88. The molecule has 27 heavy (non-hydrogen) atoms. The van der Waals surface area contributed by atoms with Crippen LogP contribution in [0, 0.1) is 0 Å². The average molecular weight is 382 g/mol. The monoisotopic (exact) mass is 382 g/mol. The van der Waals surface area contributed by atoms with Crippen LogP contribution in [0.25, 0.3) is 5.70 Å². The smallest absolute Gasteiger partial charge is 0.335 e. The molecule has 1 aromatic carbocycles. The molecule has 1 amide bonds. The molecule has 0 saturated carbocycles. The zero-order valence-corrected chi connectivity index (χ0v) is 15.3. The number of carbonyl (C=O) groups is 2. The number of aromatic carboxylic acids is 1. The Morgan fingerprint density at radius 3 is 2.59 bits per heavy atom. The lowest BCUT2D eigenvalue weighted by Crippen LogP contribution is -2.33. The molecule has 1 aromatic heterocycles. The highest BCUT2D eigenvalue weighted by molar-refractivity contribution is 7.10. The first-order chi connectivity index (χ1) is 13.1. The maximum Gasteiger partial charge on any atom is 0.335 e. The molecule has 3 heterocycles. The molecule has 1 unspecified atom stereocenters. The average Bonchev–Trinajstić information content (AvgIpc) is 3.29. The summed E-state index contributed by atoms with van der Waals surface area (Å²) in [5.41, 5.74) is 3.87. The summed E-state index contributed by atoms with van der Waals surface area (Å²) in [4.78, 5) is 31.3. The molecule has 138 valence electrons. The molecule has 6 nitrogen and oxygen atoms in total. The molecular formula is C20H18N2O4S. The van der Waals surface area contributed by atoms with Crippen LogP contribution in [0.5, 0.6) is 0 Å². The molecule has 1 atom stereocenters. The minimum atomic E-state index is -0.960. The molecule has 7 heteroatoms. The highest BCUT2D eigenvalue weighted by Crippen LogP contribution is 2.36. The fraction of sp³-hybridized carbons (Fsp3) is 0.250. The van der Waals surface area contributed by atoms with Crippen LogP contribution in [-0.2, 0) is 4.79 Å². The van der Waals surface area contributed by atoms with Gasteiger partial charge in [0.2, 0.25) is 5.91 Å². The number of aliphatic imine (C=N–C) groups is 1. The molecule has 2 aliphatic rings. The van der Waals surface area contributed by atoms with Gasteiger partial charge in [0.1, 0.15) is 0 Å². The van der Waals surface area contributed by atoms with Crippen LogP contribution in [0.15, 0.2) is 52.3 Å². The van der Waals surface area contributed by atoms with Crippen molar-refractivity contribution in [3.05, 3.63) is 63.4 Å². The van der Waals surface area contributed by atoms with Crippen LogP contribution in [0.3, 0.4) is 0 Å². The van der Waals surface area contributed by atoms with Gasteiger partial charge in [-0.1, -0.05) is 18.2 Å². The van der Waals surface area contributed by atoms with Crippen molar-refractivity contribution in [1.29, 1.82) is 0 Å².